The van der Waals surface area contributed by atoms with Gasteiger partial charge >= 0.3 is 6.09 Å². The fourth-order valence-corrected chi connectivity index (χ4v) is 3.89. The third-order valence-corrected chi connectivity index (χ3v) is 6.34. The summed E-state index contributed by atoms with van der Waals surface area (Å²) in [6.07, 6.45) is 3.92. The van der Waals surface area contributed by atoms with Crippen LogP contribution in [0, 0.1) is 0 Å². The van der Waals surface area contributed by atoms with Crippen molar-refractivity contribution in [3.8, 4) is 0 Å². The first-order valence-corrected chi connectivity index (χ1v) is 10.9. The van der Waals surface area contributed by atoms with Crippen LogP contribution in [0.2, 0.25) is 0 Å². The molecule has 5 atom stereocenters. The number of rotatable bonds is 11. The van der Waals surface area contributed by atoms with E-state index in [2.05, 4.69) is 12.2 Å². The van der Waals surface area contributed by atoms with E-state index >= 15 is 0 Å². The van der Waals surface area contributed by atoms with E-state index in [1.54, 1.807) is 19.1 Å². The Morgan fingerprint density at radius 1 is 1.14 bits per heavy atom. The normalized spacial score (nSPS) is 23.0. The minimum atomic E-state index is -0.650. The van der Waals surface area contributed by atoms with Gasteiger partial charge in [0.25, 0.3) is 0 Å². The highest BCUT2D eigenvalue weighted by atomic mass is 16.6. The molecule has 1 N–H and O–H groups in total. The van der Waals surface area contributed by atoms with E-state index < -0.39 is 17.7 Å². The lowest BCUT2D eigenvalue weighted by Gasteiger charge is -2.38. The van der Waals surface area contributed by atoms with Crippen LogP contribution in [0.4, 0.5) is 4.79 Å². The summed E-state index contributed by atoms with van der Waals surface area (Å²) in [7, 11) is 3.35. The fourth-order valence-electron chi connectivity index (χ4n) is 3.89. The predicted octanol–water partition coefficient (Wildman–Crippen LogP) is 3.89. The molecule has 1 aliphatic heterocycles. The van der Waals surface area contributed by atoms with Crippen molar-refractivity contribution in [3.63, 3.8) is 0 Å². The average Bonchev–Trinajstić information content (AvgIpc) is 3.17. The Bertz CT molecular complexity index is 537. The quantitative estimate of drug-likeness (QED) is 0.555. The second-order valence-electron chi connectivity index (χ2n) is 8.90. The Morgan fingerprint density at radius 2 is 1.76 bits per heavy atom. The largest absolute Gasteiger partial charge is 0.443 e. The molecular formula is C22H42N2O5. The van der Waals surface area contributed by atoms with E-state index in [4.69, 9.17) is 14.2 Å². The number of nitrogens with one attached hydrogen (secondary N) is 1. The second-order valence-corrected chi connectivity index (χ2v) is 8.90. The lowest BCUT2D eigenvalue weighted by molar-refractivity contribution is -0.127. The molecule has 5 unspecified atom stereocenters. The van der Waals surface area contributed by atoms with E-state index in [-0.39, 0.29) is 23.7 Å². The molecule has 1 rings (SSSR count). The molecule has 170 valence electrons. The van der Waals surface area contributed by atoms with Crippen molar-refractivity contribution < 1.29 is 23.8 Å². The minimum absolute atomic E-state index is 0.0243. The number of hydrogen-bond donors (Lipinski definition) is 1. The van der Waals surface area contributed by atoms with Gasteiger partial charge in [-0.2, -0.15) is 0 Å². The molecule has 0 aromatic carbocycles. The SMILES string of the molecule is CCC(C)(CC(C)(CC)OC(=O)N1CCCC1C(=O)NC(C)CC(C)OC)OC. The van der Waals surface area contributed by atoms with Crippen molar-refractivity contribution >= 4 is 12.0 Å². The van der Waals surface area contributed by atoms with Gasteiger partial charge < -0.3 is 19.5 Å². The Balaban J connectivity index is 2.77. The molecule has 1 heterocycles. The molecule has 0 radical (unpaired) electrons. The number of methoxy groups -OCH3 is 2. The lowest BCUT2D eigenvalue weighted by Crippen LogP contribution is -2.51. The van der Waals surface area contributed by atoms with Gasteiger partial charge in [-0.25, -0.2) is 4.79 Å². The van der Waals surface area contributed by atoms with Gasteiger partial charge in [0, 0.05) is 33.2 Å². The van der Waals surface area contributed by atoms with Crippen LogP contribution in [0.3, 0.4) is 0 Å². The zero-order chi connectivity index (χ0) is 22.2. The molecule has 0 bridgehead atoms. The Hall–Kier alpha value is -1.34. The Morgan fingerprint density at radius 3 is 2.28 bits per heavy atom. The number of amides is 2. The van der Waals surface area contributed by atoms with E-state index in [1.165, 1.54) is 0 Å². The van der Waals surface area contributed by atoms with E-state index in [0.717, 1.165) is 19.3 Å². The maximum absolute atomic E-state index is 13.0. The summed E-state index contributed by atoms with van der Waals surface area (Å²) in [4.78, 5) is 27.3. The first-order chi connectivity index (χ1) is 13.5. The highest BCUT2D eigenvalue weighted by Crippen LogP contribution is 2.33. The van der Waals surface area contributed by atoms with Crippen LogP contribution in [0.1, 0.15) is 80.1 Å². The van der Waals surface area contributed by atoms with Crippen LogP contribution in [-0.4, -0.2) is 67.1 Å². The molecule has 0 saturated carbocycles. The molecule has 2 amide bonds. The highest BCUT2D eigenvalue weighted by molar-refractivity contribution is 5.86. The number of ether oxygens (including phenoxy) is 3. The van der Waals surface area contributed by atoms with Gasteiger partial charge in [0.2, 0.25) is 5.91 Å². The summed E-state index contributed by atoms with van der Waals surface area (Å²) in [5.74, 6) is -0.122. The van der Waals surface area contributed by atoms with Crippen LogP contribution in [0.15, 0.2) is 0 Å². The lowest BCUT2D eigenvalue weighted by atomic mass is 9.85. The van der Waals surface area contributed by atoms with Crippen LogP contribution < -0.4 is 5.32 Å². The summed E-state index contributed by atoms with van der Waals surface area (Å²) < 4.78 is 16.9. The van der Waals surface area contributed by atoms with Crippen molar-refractivity contribution in [1.82, 2.24) is 10.2 Å². The molecule has 1 fully saturated rings. The van der Waals surface area contributed by atoms with Crippen LogP contribution in [0.25, 0.3) is 0 Å². The molecule has 0 aliphatic carbocycles. The van der Waals surface area contributed by atoms with Crippen molar-refractivity contribution in [1.29, 1.82) is 0 Å². The molecule has 0 spiro atoms. The van der Waals surface area contributed by atoms with Crippen molar-refractivity contribution in [2.75, 3.05) is 20.8 Å². The first-order valence-electron chi connectivity index (χ1n) is 10.9. The molecule has 0 aromatic rings. The number of carbonyl (C=O) groups is 2. The van der Waals surface area contributed by atoms with Crippen molar-refractivity contribution in [3.05, 3.63) is 0 Å². The van der Waals surface area contributed by atoms with Crippen LogP contribution >= 0.6 is 0 Å². The fraction of sp³-hybridized carbons (Fsp3) is 0.909. The van der Waals surface area contributed by atoms with Gasteiger partial charge in [-0.1, -0.05) is 13.8 Å². The zero-order valence-electron chi connectivity index (χ0n) is 19.7. The van der Waals surface area contributed by atoms with Gasteiger partial charge in [0.1, 0.15) is 11.6 Å². The van der Waals surface area contributed by atoms with Gasteiger partial charge in [-0.3, -0.25) is 9.69 Å². The van der Waals surface area contributed by atoms with Crippen molar-refractivity contribution in [2.24, 2.45) is 0 Å². The molecule has 0 aromatic heterocycles. The molecule has 1 aliphatic rings. The molecule has 1 saturated heterocycles. The molecule has 29 heavy (non-hydrogen) atoms. The molecule has 7 nitrogen and oxygen atoms in total. The van der Waals surface area contributed by atoms with E-state index in [9.17, 15) is 9.59 Å². The Kier molecular flexibility index (Phi) is 9.89. The summed E-state index contributed by atoms with van der Waals surface area (Å²) in [6.45, 7) is 12.5. The molecular weight excluding hydrogens is 372 g/mol. The van der Waals surface area contributed by atoms with Crippen LogP contribution in [-0.2, 0) is 19.0 Å². The van der Waals surface area contributed by atoms with Crippen molar-refractivity contribution in [2.45, 2.75) is 109 Å². The zero-order valence-corrected chi connectivity index (χ0v) is 19.7. The smallest absolute Gasteiger partial charge is 0.410 e. The summed E-state index contributed by atoms with van der Waals surface area (Å²) in [5.41, 5.74) is -1.01. The topological polar surface area (TPSA) is 77.1 Å². The maximum Gasteiger partial charge on any atom is 0.410 e. The monoisotopic (exact) mass is 414 g/mol. The first kappa shape index (κ1) is 25.7. The third-order valence-electron chi connectivity index (χ3n) is 6.34. The van der Waals surface area contributed by atoms with Gasteiger partial charge in [-0.05, 0) is 59.8 Å². The summed E-state index contributed by atoms with van der Waals surface area (Å²) in [6, 6.07) is -0.507. The number of likely N-dealkylation sites (tertiary alicyclic amines) is 1. The second kappa shape index (κ2) is 11.2. The third kappa shape index (κ3) is 7.45. The van der Waals surface area contributed by atoms with Gasteiger partial charge in [0.05, 0.1) is 11.7 Å². The number of carbonyl (C=O) groups excluding carboxylic acids is 2. The molecule has 7 heteroatoms. The maximum atomic E-state index is 13.0. The summed E-state index contributed by atoms with van der Waals surface area (Å²) in [5, 5.41) is 3.02. The van der Waals surface area contributed by atoms with Gasteiger partial charge in [0.15, 0.2) is 0 Å². The number of nitrogens with zero attached hydrogens (tertiary/aromatic N) is 1. The highest BCUT2D eigenvalue weighted by Gasteiger charge is 2.41. The predicted molar refractivity (Wildman–Crippen MR) is 114 cm³/mol. The van der Waals surface area contributed by atoms with Gasteiger partial charge in [-0.15, -0.1) is 0 Å². The van der Waals surface area contributed by atoms with E-state index in [0.29, 0.717) is 25.8 Å². The standard InChI is InChI=1S/C22H42N2O5/c1-9-21(5,28-8)15-22(6,10-2)29-20(26)24-13-11-12-18(24)19(25)23-16(3)14-17(4)27-7/h16-18H,9-15H2,1-8H3,(H,23,25). The van der Waals surface area contributed by atoms with Crippen LogP contribution in [0.5, 0.6) is 0 Å². The van der Waals surface area contributed by atoms with E-state index in [1.807, 2.05) is 34.6 Å². The number of hydrogen-bond acceptors (Lipinski definition) is 5. The minimum Gasteiger partial charge on any atom is -0.443 e. The Labute approximate surface area is 176 Å². The average molecular weight is 415 g/mol. The summed E-state index contributed by atoms with van der Waals surface area (Å²) >= 11 is 0.